The molecule has 1 amide bonds. The molecule has 0 radical (unpaired) electrons. The monoisotopic (exact) mass is 473 g/mol. The average molecular weight is 474 g/mol. The lowest BCUT2D eigenvalue weighted by Gasteiger charge is -2.19. The number of hydrogen-bond acceptors (Lipinski definition) is 7. The summed E-state index contributed by atoms with van der Waals surface area (Å²) in [4.78, 5) is 25.7. The number of aliphatic hydroxyl groups excluding tert-OH is 1. The molecule has 12 heteroatoms. The second-order valence-corrected chi connectivity index (χ2v) is 10.1. The van der Waals surface area contributed by atoms with Crippen molar-refractivity contribution in [1.82, 2.24) is 10.0 Å². The molecule has 1 aliphatic heterocycles. The number of halogens is 1. The zero-order chi connectivity index (χ0) is 21.9. The van der Waals surface area contributed by atoms with E-state index in [2.05, 4.69) is 10.0 Å². The van der Waals surface area contributed by atoms with Gasteiger partial charge in [-0.05, 0) is 36.8 Å². The highest BCUT2D eigenvalue weighted by molar-refractivity contribution is 7.89. The number of carboxylic acids is 1. The largest absolute Gasteiger partial charge is 0.480 e. The number of sulfonamides is 1. The zero-order valence-electron chi connectivity index (χ0n) is 15.6. The first-order chi connectivity index (χ1) is 14.2. The van der Waals surface area contributed by atoms with E-state index in [4.69, 9.17) is 11.6 Å². The highest BCUT2D eigenvalue weighted by Crippen LogP contribution is 2.24. The third-order valence-electron chi connectivity index (χ3n) is 4.52. The predicted molar refractivity (Wildman–Crippen MR) is 113 cm³/mol. The molecule has 1 fully saturated rings. The molecule has 0 unspecified atom stereocenters. The highest BCUT2D eigenvalue weighted by Gasteiger charge is 2.27. The number of aliphatic hydroxyl groups is 1. The number of anilines is 1. The Kier molecular flexibility index (Phi) is 6.98. The third kappa shape index (κ3) is 5.49. The van der Waals surface area contributed by atoms with Crippen LogP contribution >= 0.6 is 22.9 Å². The van der Waals surface area contributed by atoms with Gasteiger partial charge in [0.05, 0.1) is 20.2 Å². The van der Waals surface area contributed by atoms with Crippen LogP contribution in [-0.4, -0.2) is 62.3 Å². The van der Waals surface area contributed by atoms with E-state index < -0.39 is 40.6 Å². The van der Waals surface area contributed by atoms with Crippen LogP contribution in [0.2, 0.25) is 4.34 Å². The van der Waals surface area contributed by atoms with Gasteiger partial charge in [0, 0.05) is 25.3 Å². The predicted octanol–water partition coefficient (Wildman–Crippen LogP) is 1.13. The van der Waals surface area contributed by atoms with Crippen LogP contribution in [0, 0.1) is 0 Å². The third-order valence-corrected chi connectivity index (χ3v) is 7.21. The van der Waals surface area contributed by atoms with Gasteiger partial charge >= 0.3 is 5.97 Å². The van der Waals surface area contributed by atoms with Gasteiger partial charge in [-0.2, -0.15) is 4.72 Å². The van der Waals surface area contributed by atoms with Gasteiger partial charge in [-0.15, -0.1) is 11.3 Å². The van der Waals surface area contributed by atoms with E-state index in [9.17, 15) is 28.2 Å². The van der Waals surface area contributed by atoms with Gasteiger partial charge in [0.1, 0.15) is 6.04 Å². The van der Waals surface area contributed by atoms with E-state index >= 15 is 0 Å². The topological polar surface area (TPSA) is 136 Å². The Hall–Kier alpha value is -2.18. The molecule has 1 aliphatic rings. The summed E-state index contributed by atoms with van der Waals surface area (Å²) in [5, 5.41) is 21.5. The summed E-state index contributed by atoms with van der Waals surface area (Å²) in [5.41, 5.74) is 0.615. The summed E-state index contributed by atoms with van der Waals surface area (Å²) in [6, 6.07) is 7.50. The molecular formula is C18H20ClN3O6S2. The molecule has 2 heterocycles. The number of β-amino-alcohol motifs (C(OH)–C–C–N with tert-alkyl or cyclic N) is 1. The van der Waals surface area contributed by atoms with Crippen molar-refractivity contribution in [3.8, 4) is 0 Å². The lowest BCUT2D eigenvalue weighted by molar-refractivity contribution is -0.138. The number of carbonyl (C=O) groups excluding carboxylic acids is 1. The van der Waals surface area contributed by atoms with Crippen LogP contribution in [0.25, 0.3) is 0 Å². The van der Waals surface area contributed by atoms with Crippen molar-refractivity contribution in [2.75, 3.05) is 24.5 Å². The number of carboxylic acid groups (broad SMARTS) is 1. The first-order valence-electron chi connectivity index (χ1n) is 8.97. The number of nitrogens with zero attached hydrogens (tertiary/aromatic N) is 1. The quantitative estimate of drug-likeness (QED) is 0.451. The molecule has 1 saturated heterocycles. The first kappa shape index (κ1) is 22.5. The van der Waals surface area contributed by atoms with Crippen molar-refractivity contribution in [2.45, 2.75) is 23.5 Å². The number of benzene rings is 1. The minimum Gasteiger partial charge on any atom is -0.480 e. The van der Waals surface area contributed by atoms with Crippen LogP contribution in [0.5, 0.6) is 0 Å². The lowest BCUT2D eigenvalue weighted by Crippen LogP contribution is -2.48. The minimum atomic E-state index is -4.17. The van der Waals surface area contributed by atoms with Gasteiger partial charge in [-0.1, -0.05) is 17.7 Å². The standard InChI is InChI=1S/C18H20ClN3O6S2/c19-16-5-4-15(29-16)17(24)20-9-14(18(25)26)21-30(27,28)13-3-1-2-11(8-13)22-7-6-12(23)10-22/h1-5,8,12,14,21,23H,6-7,9-10H2,(H,20,24)(H,25,26)/t12-,14+/m1/s1. The molecule has 0 spiro atoms. The fraction of sp³-hybridized carbons (Fsp3) is 0.333. The SMILES string of the molecule is O=C(NC[C@H](NS(=O)(=O)c1cccc(N2CC[C@@H](O)C2)c1)C(=O)O)c1ccc(Cl)s1. The molecule has 0 aliphatic carbocycles. The van der Waals surface area contributed by atoms with Gasteiger partial charge in [-0.3, -0.25) is 9.59 Å². The molecule has 0 saturated carbocycles. The maximum atomic E-state index is 12.7. The maximum absolute atomic E-state index is 12.7. The minimum absolute atomic E-state index is 0.107. The van der Waals surface area contributed by atoms with Gasteiger partial charge in [0.15, 0.2) is 0 Å². The Balaban J connectivity index is 1.70. The Morgan fingerprint density at radius 2 is 2.07 bits per heavy atom. The molecule has 4 N–H and O–H groups in total. The summed E-state index contributed by atoms with van der Waals surface area (Å²) in [5.74, 6) is -1.98. The fourth-order valence-electron chi connectivity index (χ4n) is 2.98. The molecule has 1 aromatic carbocycles. The van der Waals surface area contributed by atoms with E-state index in [0.29, 0.717) is 29.5 Å². The van der Waals surface area contributed by atoms with Crippen molar-refractivity contribution in [3.05, 3.63) is 45.6 Å². The van der Waals surface area contributed by atoms with Crippen LogP contribution < -0.4 is 14.9 Å². The Morgan fingerprint density at radius 3 is 2.67 bits per heavy atom. The summed E-state index contributed by atoms with van der Waals surface area (Å²) < 4.78 is 28.0. The molecule has 3 rings (SSSR count). The summed E-state index contributed by atoms with van der Waals surface area (Å²) >= 11 is 6.80. The number of aliphatic carboxylic acids is 1. The number of rotatable bonds is 8. The van der Waals surface area contributed by atoms with Crippen molar-refractivity contribution in [1.29, 1.82) is 0 Å². The van der Waals surface area contributed by atoms with E-state index in [1.807, 2.05) is 4.90 Å². The number of hydrogen-bond donors (Lipinski definition) is 4. The van der Waals surface area contributed by atoms with Crippen molar-refractivity contribution in [2.24, 2.45) is 0 Å². The average Bonchev–Trinajstić information content (AvgIpc) is 3.33. The smallest absolute Gasteiger partial charge is 0.323 e. The number of thiophene rings is 1. The van der Waals surface area contributed by atoms with Crippen molar-refractivity contribution < 1.29 is 28.2 Å². The van der Waals surface area contributed by atoms with Gasteiger partial charge in [0.2, 0.25) is 10.0 Å². The summed E-state index contributed by atoms with van der Waals surface area (Å²) in [6.45, 7) is 0.545. The second kappa shape index (κ2) is 9.31. The molecule has 162 valence electrons. The van der Waals surface area contributed by atoms with Gasteiger partial charge < -0.3 is 20.4 Å². The van der Waals surface area contributed by atoms with Crippen LogP contribution in [0.15, 0.2) is 41.3 Å². The van der Waals surface area contributed by atoms with Gasteiger partial charge in [-0.25, -0.2) is 8.42 Å². The normalized spacial score (nSPS) is 17.7. The van der Waals surface area contributed by atoms with Crippen LogP contribution in [0.1, 0.15) is 16.1 Å². The zero-order valence-corrected chi connectivity index (χ0v) is 18.0. The van der Waals surface area contributed by atoms with Crippen LogP contribution in [-0.2, 0) is 14.8 Å². The molecule has 1 aromatic heterocycles. The molecule has 9 nitrogen and oxygen atoms in total. The summed E-state index contributed by atoms with van der Waals surface area (Å²) in [7, 11) is -4.17. The molecule has 2 atom stereocenters. The summed E-state index contributed by atoms with van der Waals surface area (Å²) in [6.07, 6.45) is 0.118. The molecule has 0 bridgehead atoms. The van der Waals surface area contributed by atoms with Crippen LogP contribution in [0.4, 0.5) is 5.69 Å². The van der Waals surface area contributed by atoms with Crippen molar-refractivity contribution in [3.63, 3.8) is 0 Å². The van der Waals surface area contributed by atoms with E-state index in [-0.39, 0.29) is 9.77 Å². The first-order valence-corrected chi connectivity index (χ1v) is 11.7. The lowest BCUT2D eigenvalue weighted by atomic mass is 10.3. The van der Waals surface area contributed by atoms with E-state index in [0.717, 1.165) is 11.3 Å². The van der Waals surface area contributed by atoms with E-state index in [1.165, 1.54) is 24.3 Å². The maximum Gasteiger partial charge on any atom is 0.323 e. The number of nitrogens with one attached hydrogen (secondary N) is 2. The Bertz CT molecular complexity index is 1040. The van der Waals surface area contributed by atoms with Crippen molar-refractivity contribution >= 4 is 50.5 Å². The fourth-order valence-corrected chi connectivity index (χ4v) is 5.16. The molecule has 30 heavy (non-hydrogen) atoms. The Labute approximate surface area is 182 Å². The molecule has 2 aromatic rings. The van der Waals surface area contributed by atoms with Crippen LogP contribution in [0.3, 0.4) is 0 Å². The Morgan fingerprint density at radius 1 is 1.30 bits per heavy atom. The van der Waals surface area contributed by atoms with Gasteiger partial charge in [0.25, 0.3) is 5.91 Å². The highest BCUT2D eigenvalue weighted by atomic mass is 35.5. The number of amides is 1. The number of carbonyl (C=O) groups is 2. The molecular weight excluding hydrogens is 454 g/mol. The van der Waals surface area contributed by atoms with E-state index in [1.54, 1.807) is 12.1 Å². The second-order valence-electron chi connectivity index (χ2n) is 6.71.